The van der Waals surface area contributed by atoms with E-state index in [0.717, 1.165) is 17.5 Å². The molecular formula is C18H24FNO2. The number of rotatable bonds is 1. The monoisotopic (exact) mass is 305 g/mol. The lowest BCUT2D eigenvalue weighted by molar-refractivity contribution is 0.0270. The first-order valence-corrected chi connectivity index (χ1v) is 7.61. The molecule has 0 fully saturated rings. The number of benzene rings is 1. The SMILES string of the molecule is Cc1cc(C2=CCN(C(=O)OC(C)(C)C)CC2)c(C)cc1F. The van der Waals surface area contributed by atoms with Gasteiger partial charge in [0.15, 0.2) is 0 Å². The van der Waals surface area contributed by atoms with E-state index < -0.39 is 5.60 Å². The van der Waals surface area contributed by atoms with E-state index in [0.29, 0.717) is 18.7 Å². The lowest BCUT2D eigenvalue weighted by Gasteiger charge is -2.30. The van der Waals surface area contributed by atoms with E-state index in [9.17, 15) is 9.18 Å². The van der Waals surface area contributed by atoms with Crippen molar-refractivity contribution in [1.82, 2.24) is 4.90 Å². The van der Waals surface area contributed by atoms with Crippen molar-refractivity contribution in [3.63, 3.8) is 0 Å². The first-order chi connectivity index (χ1) is 10.2. The van der Waals surface area contributed by atoms with E-state index in [2.05, 4.69) is 0 Å². The lowest BCUT2D eigenvalue weighted by atomic mass is 9.94. The Morgan fingerprint density at radius 2 is 1.91 bits per heavy atom. The maximum absolute atomic E-state index is 13.6. The second-order valence-electron chi connectivity index (χ2n) is 6.82. The standard InChI is InChI=1S/C18H24FNO2/c1-12-11-16(19)13(2)10-15(12)14-6-8-20(9-7-14)17(21)22-18(3,4)5/h6,10-11H,7-9H2,1-5H3. The Bertz CT molecular complexity index is 614. The molecule has 1 aromatic carbocycles. The second kappa shape index (κ2) is 6.11. The lowest BCUT2D eigenvalue weighted by Crippen LogP contribution is -2.39. The zero-order valence-electron chi connectivity index (χ0n) is 14.0. The fourth-order valence-electron chi connectivity index (χ4n) is 2.53. The highest BCUT2D eigenvalue weighted by Crippen LogP contribution is 2.27. The molecule has 0 unspecified atom stereocenters. The van der Waals surface area contributed by atoms with Crippen molar-refractivity contribution in [1.29, 1.82) is 0 Å². The number of nitrogens with zero attached hydrogens (tertiary/aromatic N) is 1. The van der Waals surface area contributed by atoms with Crippen LogP contribution in [0.4, 0.5) is 9.18 Å². The summed E-state index contributed by atoms with van der Waals surface area (Å²) in [5, 5.41) is 0. The van der Waals surface area contributed by atoms with Crippen LogP contribution in [0.3, 0.4) is 0 Å². The third kappa shape index (κ3) is 3.87. The normalized spacial score (nSPS) is 15.5. The number of ether oxygens (including phenoxy) is 1. The molecule has 1 aliphatic rings. The largest absolute Gasteiger partial charge is 0.444 e. The molecule has 1 amide bonds. The van der Waals surface area contributed by atoms with Crippen molar-refractivity contribution < 1.29 is 13.9 Å². The van der Waals surface area contributed by atoms with Gasteiger partial charge in [-0.1, -0.05) is 6.08 Å². The molecule has 120 valence electrons. The number of hydrogen-bond donors (Lipinski definition) is 0. The molecule has 0 aromatic heterocycles. The van der Waals surface area contributed by atoms with Crippen molar-refractivity contribution in [2.75, 3.05) is 13.1 Å². The fourth-order valence-corrected chi connectivity index (χ4v) is 2.53. The first kappa shape index (κ1) is 16.5. The van der Waals surface area contributed by atoms with Gasteiger partial charge in [0, 0.05) is 13.1 Å². The molecule has 0 N–H and O–H groups in total. The summed E-state index contributed by atoms with van der Waals surface area (Å²) in [4.78, 5) is 13.7. The Morgan fingerprint density at radius 1 is 1.23 bits per heavy atom. The zero-order chi connectivity index (χ0) is 16.5. The summed E-state index contributed by atoms with van der Waals surface area (Å²) in [6, 6.07) is 3.46. The number of halogens is 1. The van der Waals surface area contributed by atoms with Gasteiger partial charge in [-0.25, -0.2) is 9.18 Å². The van der Waals surface area contributed by atoms with Crippen LogP contribution in [-0.2, 0) is 4.74 Å². The minimum absolute atomic E-state index is 0.173. The average Bonchev–Trinajstić information content (AvgIpc) is 2.41. The Morgan fingerprint density at radius 3 is 2.45 bits per heavy atom. The van der Waals surface area contributed by atoms with Crippen molar-refractivity contribution in [3.05, 3.63) is 40.7 Å². The molecule has 0 bridgehead atoms. The van der Waals surface area contributed by atoms with Crippen LogP contribution in [0.5, 0.6) is 0 Å². The maximum Gasteiger partial charge on any atom is 0.410 e. The van der Waals surface area contributed by atoms with E-state index >= 15 is 0 Å². The zero-order valence-corrected chi connectivity index (χ0v) is 14.0. The van der Waals surface area contributed by atoms with Crippen LogP contribution >= 0.6 is 0 Å². The van der Waals surface area contributed by atoms with Gasteiger partial charge in [0.25, 0.3) is 0 Å². The van der Waals surface area contributed by atoms with Crippen LogP contribution < -0.4 is 0 Å². The number of carbonyl (C=O) groups excluding carboxylic acids is 1. The van der Waals surface area contributed by atoms with E-state index in [1.165, 1.54) is 5.57 Å². The van der Waals surface area contributed by atoms with Crippen molar-refractivity contribution >= 4 is 11.7 Å². The van der Waals surface area contributed by atoms with Crippen LogP contribution in [0.15, 0.2) is 18.2 Å². The van der Waals surface area contributed by atoms with E-state index in [1.807, 2.05) is 39.8 Å². The highest BCUT2D eigenvalue weighted by Gasteiger charge is 2.24. The van der Waals surface area contributed by atoms with Gasteiger partial charge in [-0.2, -0.15) is 0 Å². The predicted molar refractivity (Wildman–Crippen MR) is 86.3 cm³/mol. The van der Waals surface area contributed by atoms with Crippen molar-refractivity contribution in [2.45, 2.75) is 46.6 Å². The molecule has 1 heterocycles. The molecule has 0 atom stereocenters. The van der Waals surface area contributed by atoms with Gasteiger partial charge in [0.1, 0.15) is 11.4 Å². The molecule has 0 spiro atoms. The molecule has 0 saturated heterocycles. The number of carbonyl (C=O) groups is 1. The molecule has 0 radical (unpaired) electrons. The third-order valence-electron chi connectivity index (χ3n) is 3.71. The molecule has 2 rings (SSSR count). The van der Waals surface area contributed by atoms with Gasteiger partial charge < -0.3 is 9.64 Å². The van der Waals surface area contributed by atoms with Crippen LogP contribution in [0.1, 0.15) is 43.9 Å². The highest BCUT2D eigenvalue weighted by atomic mass is 19.1. The third-order valence-corrected chi connectivity index (χ3v) is 3.71. The van der Waals surface area contributed by atoms with E-state index in [-0.39, 0.29) is 11.9 Å². The molecule has 1 aliphatic heterocycles. The molecule has 4 heteroatoms. The molecule has 0 saturated carbocycles. The second-order valence-corrected chi connectivity index (χ2v) is 6.82. The molecule has 0 aliphatic carbocycles. The van der Waals surface area contributed by atoms with Gasteiger partial charge in [-0.3, -0.25) is 0 Å². The summed E-state index contributed by atoms with van der Waals surface area (Å²) in [7, 11) is 0. The Hall–Kier alpha value is -1.84. The molecule has 1 aromatic rings. The van der Waals surface area contributed by atoms with Gasteiger partial charge >= 0.3 is 6.09 Å². The van der Waals surface area contributed by atoms with E-state index in [1.54, 1.807) is 17.9 Å². The van der Waals surface area contributed by atoms with Gasteiger partial charge in [0.05, 0.1) is 0 Å². The van der Waals surface area contributed by atoms with E-state index in [4.69, 9.17) is 4.74 Å². The number of amides is 1. The smallest absolute Gasteiger partial charge is 0.410 e. The Balaban J connectivity index is 2.12. The van der Waals surface area contributed by atoms with Gasteiger partial charge in [0.2, 0.25) is 0 Å². The van der Waals surface area contributed by atoms with Gasteiger partial charge in [-0.05, 0) is 75.4 Å². The topological polar surface area (TPSA) is 29.5 Å². The minimum Gasteiger partial charge on any atom is -0.444 e. The summed E-state index contributed by atoms with van der Waals surface area (Å²) in [5.74, 6) is -0.173. The summed E-state index contributed by atoms with van der Waals surface area (Å²) in [5.41, 5.74) is 3.34. The minimum atomic E-state index is -0.480. The quantitative estimate of drug-likeness (QED) is 0.766. The molecule has 3 nitrogen and oxygen atoms in total. The van der Waals surface area contributed by atoms with Crippen LogP contribution in [0.25, 0.3) is 5.57 Å². The van der Waals surface area contributed by atoms with Gasteiger partial charge in [-0.15, -0.1) is 0 Å². The number of hydrogen-bond acceptors (Lipinski definition) is 2. The summed E-state index contributed by atoms with van der Waals surface area (Å²) in [6.07, 6.45) is 2.51. The van der Waals surface area contributed by atoms with Crippen molar-refractivity contribution in [3.8, 4) is 0 Å². The maximum atomic E-state index is 13.6. The Labute approximate surface area is 131 Å². The van der Waals surface area contributed by atoms with Crippen LogP contribution in [0.2, 0.25) is 0 Å². The first-order valence-electron chi connectivity index (χ1n) is 7.61. The molecule has 22 heavy (non-hydrogen) atoms. The summed E-state index contributed by atoms with van der Waals surface area (Å²) < 4.78 is 18.9. The number of aryl methyl sites for hydroxylation is 2. The Kier molecular flexibility index (Phi) is 4.59. The van der Waals surface area contributed by atoms with Crippen molar-refractivity contribution in [2.24, 2.45) is 0 Å². The molecular weight excluding hydrogens is 281 g/mol. The predicted octanol–water partition coefficient (Wildman–Crippen LogP) is 4.47. The summed E-state index contributed by atoms with van der Waals surface area (Å²) in [6.45, 7) is 10.4. The summed E-state index contributed by atoms with van der Waals surface area (Å²) >= 11 is 0. The fraction of sp³-hybridized carbons (Fsp3) is 0.500. The van der Waals surface area contributed by atoms with Crippen LogP contribution in [0, 0.1) is 19.7 Å². The van der Waals surface area contributed by atoms with Crippen LogP contribution in [-0.4, -0.2) is 29.7 Å². The highest BCUT2D eigenvalue weighted by molar-refractivity contribution is 5.74. The average molecular weight is 305 g/mol.